The molecule has 14 heavy (non-hydrogen) atoms. The molecule has 0 bridgehead atoms. The molecule has 0 spiro atoms. The third kappa shape index (κ3) is 2.72. The molecule has 1 unspecified atom stereocenters. The van der Waals surface area contributed by atoms with Crippen molar-refractivity contribution in [3.05, 3.63) is 27.7 Å². The predicted octanol–water partition coefficient (Wildman–Crippen LogP) is 2.69. The van der Waals surface area contributed by atoms with Gasteiger partial charge in [0.05, 0.1) is 17.7 Å². The van der Waals surface area contributed by atoms with Crippen molar-refractivity contribution in [3.8, 4) is 5.75 Å². The fourth-order valence-corrected chi connectivity index (χ4v) is 2.28. The summed E-state index contributed by atoms with van der Waals surface area (Å²) in [6, 6.07) is 4.04. The summed E-state index contributed by atoms with van der Waals surface area (Å²) < 4.78 is 6.21. The number of aliphatic hydroxyl groups is 1. The van der Waals surface area contributed by atoms with Crippen LogP contribution in [0.15, 0.2) is 16.6 Å². The maximum Gasteiger partial charge on any atom is 0.136 e. The van der Waals surface area contributed by atoms with E-state index in [1.165, 1.54) is 0 Å². The maximum atomic E-state index is 9.34. The fraction of sp³-hybridized carbons (Fsp3) is 0.455. The zero-order valence-corrected chi connectivity index (χ0v) is 10.3. The van der Waals surface area contributed by atoms with Crippen molar-refractivity contribution >= 4 is 15.9 Å². The third-order valence-electron chi connectivity index (χ3n) is 1.98. The van der Waals surface area contributed by atoms with Crippen molar-refractivity contribution in [2.75, 3.05) is 7.11 Å². The van der Waals surface area contributed by atoms with Gasteiger partial charge in [-0.3, -0.25) is 0 Å². The zero-order chi connectivity index (χ0) is 10.7. The predicted molar refractivity (Wildman–Crippen MR) is 60.8 cm³/mol. The number of aliphatic hydroxyl groups excluding tert-OH is 1. The van der Waals surface area contributed by atoms with Gasteiger partial charge in [-0.05, 0) is 47.0 Å². The average molecular weight is 259 g/mol. The van der Waals surface area contributed by atoms with E-state index in [-0.39, 0.29) is 6.10 Å². The monoisotopic (exact) mass is 258 g/mol. The Hall–Kier alpha value is -0.540. The normalized spacial score (nSPS) is 12.6. The maximum absolute atomic E-state index is 9.34. The van der Waals surface area contributed by atoms with E-state index in [0.29, 0.717) is 6.42 Å². The summed E-state index contributed by atoms with van der Waals surface area (Å²) in [6.45, 7) is 3.80. The van der Waals surface area contributed by atoms with Crippen LogP contribution in [0.3, 0.4) is 0 Å². The number of benzene rings is 1. The summed E-state index contributed by atoms with van der Waals surface area (Å²) in [7, 11) is 1.64. The second kappa shape index (κ2) is 4.80. The van der Waals surface area contributed by atoms with E-state index in [9.17, 15) is 5.11 Å². The van der Waals surface area contributed by atoms with Crippen LogP contribution < -0.4 is 4.74 Å². The van der Waals surface area contributed by atoms with Crippen molar-refractivity contribution in [2.45, 2.75) is 26.4 Å². The zero-order valence-electron chi connectivity index (χ0n) is 8.67. The first kappa shape index (κ1) is 11.5. The summed E-state index contributed by atoms with van der Waals surface area (Å²) in [5.74, 6) is 0.816. The van der Waals surface area contributed by atoms with E-state index in [2.05, 4.69) is 15.9 Å². The molecule has 2 nitrogen and oxygen atoms in total. The molecule has 0 saturated heterocycles. The van der Waals surface area contributed by atoms with E-state index in [4.69, 9.17) is 4.74 Å². The number of ether oxygens (including phenoxy) is 1. The number of hydrogen-bond acceptors (Lipinski definition) is 2. The first-order valence-corrected chi connectivity index (χ1v) is 5.35. The standard InChI is InChI=1S/C11H15BrO2/c1-7-4-9(6-8(2)13)11(14-3)10(12)5-7/h4-5,8,13H,6H2,1-3H3. The van der Waals surface area contributed by atoms with Gasteiger partial charge in [0.25, 0.3) is 0 Å². The molecule has 0 aliphatic heterocycles. The Morgan fingerprint density at radius 1 is 1.50 bits per heavy atom. The van der Waals surface area contributed by atoms with Crippen LogP contribution in [0.5, 0.6) is 5.75 Å². The lowest BCUT2D eigenvalue weighted by molar-refractivity contribution is 0.194. The molecular formula is C11H15BrO2. The van der Waals surface area contributed by atoms with Crippen molar-refractivity contribution in [3.63, 3.8) is 0 Å². The molecule has 78 valence electrons. The highest BCUT2D eigenvalue weighted by atomic mass is 79.9. The highest BCUT2D eigenvalue weighted by molar-refractivity contribution is 9.10. The molecule has 1 aromatic carbocycles. The molecule has 0 heterocycles. The van der Waals surface area contributed by atoms with Crippen molar-refractivity contribution < 1.29 is 9.84 Å². The van der Waals surface area contributed by atoms with E-state index in [0.717, 1.165) is 21.3 Å². The molecule has 1 rings (SSSR count). The largest absolute Gasteiger partial charge is 0.495 e. The summed E-state index contributed by atoms with van der Waals surface area (Å²) in [4.78, 5) is 0. The Balaban J connectivity index is 3.11. The molecular weight excluding hydrogens is 244 g/mol. The first-order chi connectivity index (χ1) is 6.54. The Morgan fingerprint density at radius 2 is 2.14 bits per heavy atom. The van der Waals surface area contributed by atoms with Gasteiger partial charge in [0.2, 0.25) is 0 Å². The molecule has 0 fully saturated rings. The van der Waals surface area contributed by atoms with Gasteiger partial charge in [-0.2, -0.15) is 0 Å². The molecule has 0 radical (unpaired) electrons. The summed E-state index contributed by atoms with van der Waals surface area (Å²) >= 11 is 3.44. The van der Waals surface area contributed by atoms with Crippen LogP contribution >= 0.6 is 15.9 Å². The average Bonchev–Trinajstić information content (AvgIpc) is 2.01. The quantitative estimate of drug-likeness (QED) is 0.904. The van der Waals surface area contributed by atoms with Gasteiger partial charge >= 0.3 is 0 Å². The highest BCUT2D eigenvalue weighted by Crippen LogP contribution is 2.31. The summed E-state index contributed by atoms with van der Waals surface area (Å²) in [5, 5.41) is 9.34. The molecule has 1 aromatic rings. The van der Waals surface area contributed by atoms with E-state index in [1.54, 1.807) is 14.0 Å². The topological polar surface area (TPSA) is 29.5 Å². The minimum Gasteiger partial charge on any atom is -0.495 e. The van der Waals surface area contributed by atoms with Gasteiger partial charge in [-0.1, -0.05) is 6.07 Å². The van der Waals surface area contributed by atoms with Crippen LogP contribution in [-0.2, 0) is 6.42 Å². The van der Waals surface area contributed by atoms with E-state index >= 15 is 0 Å². The lowest BCUT2D eigenvalue weighted by atomic mass is 10.1. The highest BCUT2D eigenvalue weighted by Gasteiger charge is 2.10. The van der Waals surface area contributed by atoms with Gasteiger partial charge < -0.3 is 9.84 Å². The molecule has 0 amide bonds. The lowest BCUT2D eigenvalue weighted by Crippen LogP contribution is -2.06. The van der Waals surface area contributed by atoms with Crippen LogP contribution in [0.4, 0.5) is 0 Å². The Labute approximate surface area is 93.0 Å². The van der Waals surface area contributed by atoms with Crippen LogP contribution in [0.25, 0.3) is 0 Å². The third-order valence-corrected chi connectivity index (χ3v) is 2.57. The minimum absolute atomic E-state index is 0.349. The summed E-state index contributed by atoms with van der Waals surface area (Å²) in [6.07, 6.45) is 0.265. The second-order valence-electron chi connectivity index (χ2n) is 3.49. The number of methoxy groups -OCH3 is 1. The van der Waals surface area contributed by atoms with E-state index < -0.39 is 0 Å². The van der Waals surface area contributed by atoms with Gasteiger partial charge in [-0.15, -0.1) is 0 Å². The molecule has 0 aliphatic carbocycles. The van der Waals surface area contributed by atoms with Crippen LogP contribution in [0, 0.1) is 6.92 Å². The Morgan fingerprint density at radius 3 is 2.64 bits per heavy atom. The minimum atomic E-state index is -0.349. The summed E-state index contributed by atoms with van der Waals surface area (Å²) in [5.41, 5.74) is 2.20. The number of hydrogen-bond donors (Lipinski definition) is 1. The molecule has 0 aliphatic rings. The van der Waals surface area contributed by atoms with Gasteiger partial charge in [0.1, 0.15) is 5.75 Å². The van der Waals surface area contributed by atoms with Crippen LogP contribution in [0.2, 0.25) is 0 Å². The second-order valence-corrected chi connectivity index (χ2v) is 4.35. The number of rotatable bonds is 3. The van der Waals surface area contributed by atoms with Crippen LogP contribution in [-0.4, -0.2) is 18.3 Å². The fourth-order valence-electron chi connectivity index (χ4n) is 1.50. The lowest BCUT2D eigenvalue weighted by Gasteiger charge is -2.12. The molecule has 0 aromatic heterocycles. The van der Waals surface area contributed by atoms with Crippen molar-refractivity contribution in [1.29, 1.82) is 0 Å². The molecule has 0 saturated carbocycles. The van der Waals surface area contributed by atoms with Gasteiger partial charge in [0.15, 0.2) is 0 Å². The van der Waals surface area contributed by atoms with E-state index in [1.807, 2.05) is 19.1 Å². The van der Waals surface area contributed by atoms with Crippen molar-refractivity contribution in [1.82, 2.24) is 0 Å². The smallest absolute Gasteiger partial charge is 0.136 e. The molecule has 1 atom stereocenters. The van der Waals surface area contributed by atoms with Gasteiger partial charge in [-0.25, -0.2) is 0 Å². The number of aryl methyl sites for hydroxylation is 1. The Bertz CT molecular complexity index is 321. The van der Waals surface area contributed by atoms with Crippen molar-refractivity contribution in [2.24, 2.45) is 0 Å². The SMILES string of the molecule is COc1c(Br)cc(C)cc1CC(C)O. The molecule has 1 N–H and O–H groups in total. The van der Waals surface area contributed by atoms with Crippen LogP contribution in [0.1, 0.15) is 18.1 Å². The number of halogens is 1. The Kier molecular flexibility index (Phi) is 3.96. The van der Waals surface area contributed by atoms with Gasteiger partial charge in [0, 0.05) is 6.42 Å². The molecule has 3 heteroatoms. The first-order valence-electron chi connectivity index (χ1n) is 4.55.